The Morgan fingerprint density at radius 1 is 0.660 bits per heavy atom. The maximum atomic E-state index is 12.7. The molecule has 4 N–H and O–H groups in total. The van der Waals surface area contributed by atoms with Crippen molar-refractivity contribution in [3.63, 3.8) is 0 Å². The Balaban J connectivity index is 1.19. The minimum absolute atomic E-state index is 0.108. The molecule has 0 atom stereocenters. The quantitative estimate of drug-likeness (QED) is 0.0666. The highest BCUT2D eigenvalue weighted by molar-refractivity contribution is 6.11. The molecule has 0 aromatic heterocycles. The average molecular weight is 647 g/mol. The Hall–Kier alpha value is -6.55. The van der Waals surface area contributed by atoms with Crippen LogP contribution in [-0.2, 0) is 11.4 Å². The molecule has 0 saturated carbocycles. The molecule has 0 saturated heterocycles. The van der Waals surface area contributed by atoms with Gasteiger partial charge in [0.25, 0.3) is 17.3 Å². The number of nitro benzene ring substituents is 2. The number of nitro groups is 2. The normalized spacial score (nSPS) is 10.5. The summed E-state index contributed by atoms with van der Waals surface area (Å²) in [4.78, 5) is 61.6. The molecule has 0 radical (unpaired) electrons. The van der Waals surface area contributed by atoms with Crippen LogP contribution in [0.15, 0.2) is 84.9 Å². The van der Waals surface area contributed by atoms with Crippen molar-refractivity contribution in [2.45, 2.75) is 13.0 Å². The summed E-state index contributed by atoms with van der Waals surface area (Å²) >= 11 is 0. The molecule has 0 aliphatic carbocycles. The van der Waals surface area contributed by atoms with Gasteiger partial charge in [0.05, 0.1) is 45.4 Å². The second-order valence-electron chi connectivity index (χ2n) is 9.64. The van der Waals surface area contributed by atoms with Crippen molar-refractivity contribution in [3.05, 3.63) is 127 Å². The summed E-state index contributed by atoms with van der Waals surface area (Å²) in [5.74, 6) is -2.38. The Bertz CT molecular complexity index is 1790. The minimum atomic E-state index is -1.40. The van der Waals surface area contributed by atoms with Crippen molar-refractivity contribution >= 4 is 40.6 Å². The third-order valence-electron chi connectivity index (χ3n) is 6.43. The van der Waals surface area contributed by atoms with Gasteiger partial charge in [-0.15, -0.1) is 0 Å². The summed E-state index contributed by atoms with van der Waals surface area (Å²) < 4.78 is 11.4. The predicted molar refractivity (Wildman–Crippen MR) is 165 cm³/mol. The van der Waals surface area contributed by atoms with Crippen LogP contribution < -0.4 is 20.3 Å². The van der Waals surface area contributed by atoms with E-state index < -0.39 is 33.4 Å². The van der Waals surface area contributed by atoms with Gasteiger partial charge >= 0.3 is 11.9 Å². The number of carbonyl (C=O) groups is 3. The van der Waals surface area contributed by atoms with Crippen molar-refractivity contribution in [1.29, 1.82) is 0 Å². The number of carboxylic acids is 2. The van der Waals surface area contributed by atoms with Crippen LogP contribution in [0, 0.1) is 20.2 Å². The minimum Gasteiger partial charge on any atom is -0.493 e. The van der Waals surface area contributed by atoms with E-state index in [1.54, 1.807) is 36.4 Å². The lowest BCUT2D eigenvalue weighted by Crippen LogP contribution is -2.16. The molecule has 47 heavy (non-hydrogen) atoms. The van der Waals surface area contributed by atoms with Gasteiger partial charge in [-0.3, -0.25) is 35.3 Å². The van der Waals surface area contributed by atoms with Crippen LogP contribution in [0.2, 0.25) is 0 Å². The molecule has 16 nitrogen and oxygen atoms in total. The Morgan fingerprint density at radius 3 is 1.70 bits per heavy atom. The zero-order valence-corrected chi connectivity index (χ0v) is 24.3. The Labute approximate surface area is 265 Å². The van der Waals surface area contributed by atoms with E-state index in [0.717, 1.165) is 36.4 Å². The van der Waals surface area contributed by atoms with Crippen molar-refractivity contribution in [2.75, 3.05) is 24.0 Å². The van der Waals surface area contributed by atoms with Gasteiger partial charge in [0.2, 0.25) is 0 Å². The van der Waals surface area contributed by atoms with Crippen LogP contribution in [0.1, 0.15) is 43.1 Å². The largest absolute Gasteiger partial charge is 0.493 e. The number of anilines is 2. The first-order valence-corrected chi connectivity index (χ1v) is 13.7. The lowest BCUT2D eigenvalue weighted by molar-refractivity contribution is -0.385. The zero-order valence-electron chi connectivity index (χ0n) is 24.3. The number of aromatic carboxylic acids is 2. The SMILES string of the molecule is O=C(O)c1ccc([N+](=O)[O-])cc1CONc1ccc(OCCCOc2ccc(NC(=O)c3cc([N+](=O)[O-])ccc3C(=O)O)cc2)cc1. The predicted octanol–water partition coefficient (Wildman–Crippen LogP) is 5.54. The maximum Gasteiger partial charge on any atom is 0.336 e. The fourth-order valence-corrected chi connectivity index (χ4v) is 4.13. The first kappa shape index (κ1) is 33.3. The van der Waals surface area contributed by atoms with Crippen LogP contribution >= 0.6 is 0 Å². The van der Waals surface area contributed by atoms with E-state index >= 15 is 0 Å². The van der Waals surface area contributed by atoms with E-state index in [0.29, 0.717) is 42.5 Å². The van der Waals surface area contributed by atoms with Gasteiger partial charge in [-0.25, -0.2) is 9.59 Å². The molecule has 0 bridgehead atoms. The first-order valence-electron chi connectivity index (χ1n) is 13.7. The number of nitrogens with zero attached hydrogens (tertiary/aromatic N) is 2. The molecular formula is C31H26N4O12. The van der Waals surface area contributed by atoms with Gasteiger partial charge < -0.3 is 25.0 Å². The van der Waals surface area contributed by atoms with Crippen molar-refractivity contribution in [1.82, 2.24) is 0 Å². The molecule has 242 valence electrons. The van der Waals surface area contributed by atoms with Crippen molar-refractivity contribution in [2.24, 2.45) is 0 Å². The Morgan fingerprint density at radius 2 is 1.17 bits per heavy atom. The number of nitrogens with one attached hydrogen (secondary N) is 2. The number of hydrogen-bond donors (Lipinski definition) is 4. The fourth-order valence-electron chi connectivity index (χ4n) is 4.13. The summed E-state index contributed by atoms with van der Waals surface area (Å²) in [5.41, 5.74) is 2.17. The molecule has 0 aliphatic heterocycles. The summed E-state index contributed by atoms with van der Waals surface area (Å²) in [6, 6.07) is 19.3. The van der Waals surface area contributed by atoms with E-state index in [4.69, 9.17) is 14.3 Å². The van der Waals surface area contributed by atoms with E-state index in [1.165, 1.54) is 12.1 Å². The maximum absolute atomic E-state index is 12.7. The zero-order chi connectivity index (χ0) is 33.9. The standard InChI is InChI=1S/C31H26N4O12/c36-29(28-17-23(35(43)44)7-13-27(28)31(39)40)32-20-2-8-24(9-3-20)45-14-1-15-46-25-10-4-21(5-11-25)33-47-18-19-16-22(34(41)42)6-12-26(19)30(37)38/h2-13,16-17,33H,1,14-15,18H2,(H,32,36)(H,37,38)(H,39,40). The number of benzene rings is 4. The van der Waals surface area contributed by atoms with E-state index in [-0.39, 0.29) is 34.5 Å². The molecule has 0 unspecified atom stereocenters. The van der Waals surface area contributed by atoms with Gasteiger partial charge in [-0.2, -0.15) is 0 Å². The summed E-state index contributed by atoms with van der Waals surface area (Å²) in [6.45, 7) is 0.412. The molecular weight excluding hydrogens is 620 g/mol. The lowest BCUT2D eigenvalue weighted by Gasteiger charge is -2.11. The summed E-state index contributed by atoms with van der Waals surface area (Å²) in [5, 5.41) is 43.2. The molecule has 4 aromatic carbocycles. The molecule has 16 heteroatoms. The van der Waals surface area contributed by atoms with Gasteiger partial charge in [-0.1, -0.05) is 0 Å². The second-order valence-corrected chi connectivity index (χ2v) is 9.64. The van der Waals surface area contributed by atoms with Gasteiger partial charge in [-0.05, 0) is 60.7 Å². The third kappa shape index (κ3) is 9.22. The van der Waals surface area contributed by atoms with Crippen molar-refractivity contribution < 1.29 is 48.8 Å². The van der Waals surface area contributed by atoms with Gasteiger partial charge in [0, 0.05) is 41.9 Å². The highest BCUT2D eigenvalue weighted by atomic mass is 16.6. The molecule has 0 spiro atoms. The molecule has 0 heterocycles. The average Bonchev–Trinajstić information content (AvgIpc) is 3.05. The summed E-state index contributed by atoms with van der Waals surface area (Å²) in [6.07, 6.45) is 0.529. The van der Waals surface area contributed by atoms with Crippen LogP contribution in [0.4, 0.5) is 22.7 Å². The number of rotatable bonds is 16. The second kappa shape index (κ2) is 15.4. The smallest absolute Gasteiger partial charge is 0.336 e. The van der Waals surface area contributed by atoms with Gasteiger partial charge in [0.1, 0.15) is 18.1 Å². The molecule has 1 amide bonds. The molecule has 0 fully saturated rings. The van der Waals surface area contributed by atoms with E-state index in [1.807, 2.05) is 0 Å². The van der Waals surface area contributed by atoms with Gasteiger partial charge in [0.15, 0.2) is 0 Å². The number of amides is 1. The molecule has 4 rings (SSSR count). The number of carboxylic acid groups (broad SMARTS) is 2. The van der Waals surface area contributed by atoms with Crippen LogP contribution in [0.3, 0.4) is 0 Å². The topological polar surface area (TPSA) is 230 Å². The van der Waals surface area contributed by atoms with Crippen LogP contribution in [-0.4, -0.2) is 51.1 Å². The summed E-state index contributed by atoms with van der Waals surface area (Å²) in [7, 11) is 0. The van der Waals surface area contributed by atoms with Crippen LogP contribution in [0.5, 0.6) is 11.5 Å². The number of hydrogen-bond acceptors (Lipinski definition) is 11. The highest BCUT2D eigenvalue weighted by Crippen LogP contribution is 2.23. The number of carbonyl (C=O) groups excluding carboxylic acids is 1. The number of non-ortho nitro benzene ring substituents is 2. The first-order chi connectivity index (χ1) is 22.5. The van der Waals surface area contributed by atoms with E-state index in [9.17, 15) is 44.8 Å². The highest BCUT2D eigenvalue weighted by Gasteiger charge is 2.21. The fraction of sp³-hybridized carbons (Fsp3) is 0.129. The van der Waals surface area contributed by atoms with Crippen molar-refractivity contribution in [3.8, 4) is 11.5 Å². The molecule has 4 aromatic rings. The van der Waals surface area contributed by atoms with Crippen LogP contribution in [0.25, 0.3) is 0 Å². The number of ether oxygens (including phenoxy) is 2. The monoisotopic (exact) mass is 646 g/mol. The van der Waals surface area contributed by atoms with E-state index in [2.05, 4.69) is 10.8 Å². The Kier molecular flexibility index (Phi) is 11.0. The molecule has 0 aliphatic rings. The lowest BCUT2D eigenvalue weighted by atomic mass is 10.1. The third-order valence-corrected chi connectivity index (χ3v) is 6.43.